The lowest BCUT2D eigenvalue weighted by Gasteiger charge is -2.24. The fourth-order valence-electron chi connectivity index (χ4n) is 3.20. The molecule has 3 rings (SSSR count). The number of rotatable bonds is 6. The molecule has 0 aliphatic carbocycles. The largest absolute Gasteiger partial charge is 0.350 e. The number of aromatic nitrogens is 2. The van der Waals surface area contributed by atoms with Crippen molar-refractivity contribution in [2.75, 3.05) is 13.1 Å². The Labute approximate surface area is 179 Å². The molecule has 1 aromatic carbocycles. The highest BCUT2D eigenvalue weighted by molar-refractivity contribution is 7.20. The van der Waals surface area contributed by atoms with Crippen LogP contribution in [0, 0.1) is 12.7 Å². The van der Waals surface area contributed by atoms with Gasteiger partial charge in [0.25, 0.3) is 5.91 Å². The predicted molar refractivity (Wildman–Crippen MR) is 117 cm³/mol. The van der Waals surface area contributed by atoms with Crippen LogP contribution < -0.4 is 5.32 Å². The summed E-state index contributed by atoms with van der Waals surface area (Å²) < 4.78 is 15.0. The number of thiophene rings is 1. The van der Waals surface area contributed by atoms with E-state index in [2.05, 4.69) is 10.4 Å². The maximum Gasteiger partial charge on any atom is 0.264 e. The molecule has 0 aliphatic rings. The van der Waals surface area contributed by atoms with Gasteiger partial charge in [0.15, 0.2) is 0 Å². The van der Waals surface area contributed by atoms with Crippen molar-refractivity contribution in [1.29, 1.82) is 0 Å². The minimum absolute atomic E-state index is 0.0154. The number of aryl methyl sites for hydroxylation is 1. The van der Waals surface area contributed by atoms with E-state index < -0.39 is 0 Å². The number of likely N-dealkylation sites (N-methyl/N-ethyl adjacent to an activating group) is 1. The van der Waals surface area contributed by atoms with E-state index in [4.69, 9.17) is 0 Å². The van der Waals surface area contributed by atoms with Crippen molar-refractivity contribution < 1.29 is 14.0 Å². The first kappa shape index (κ1) is 22.0. The zero-order valence-corrected chi connectivity index (χ0v) is 18.8. The third kappa shape index (κ3) is 5.05. The van der Waals surface area contributed by atoms with Gasteiger partial charge >= 0.3 is 0 Å². The Morgan fingerprint density at radius 1 is 1.23 bits per heavy atom. The zero-order chi connectivity index (χ0) is 22.1. The maximum atomic E-state index is 13.2. The van der Waals surface area contributed by atoms with Crippen molar-refractivity contribution in [3.8, 4) is 0 Å². The molecule has 2 heterocycles. The van der Waals surface area contributed by atoms with Crippen LogP contribution in [0.4, 0.5) is 4.39 Å². The number of hydrogen-bond donors (Lipinski definition) is 1. The lowest BCUT2D eigenvalue weighted by molar-refractivity contribution is -0.123. The number of nitrogens with zero attached hydrogens (tertiary/aromatic N) is 3. The molecule has 0 fully saturated rings. The summed E-state index contributed by atoms with van der Waals surface area (Å²) in [7, 11) is 0. The van der Waals surface area contributed by atoms with Gasteiger partial charge in [-0.3, -0.25) is 14.3 Å². The van der Waals surface area contributed by atoms with Gasteiger partial charge in [0, 0.05) is 17.5 Å². The van der Waals surface area contributed by atoms with Crippen LogP contribution in [0.3, 0.4) is 0 Å². The molecule has 8 heteroatoms. The molecule has 1 N–H and O–H groups in total. The molecule has 0 radical (unpaired) electrons. The van der Waals surface area contributed by atoms with Gasteiger partial charge in [-0.2, -0.15) is 5.10 Å². The topological polar surface area (TPSA) is 67.2 Å². The van der Waals surface area contributed by atoms with Crippen LogP contribution in [0.2, 0.25) is 0 Å². The zero-order valence-electron chi connectivity index (χ0n) is 18.0. The highest BCUT2D eigenvalue weighted by atomic mass is 32.1. The van der Waals surface area contributed by atoms with Crippen molar-refractivity contribution in [3.63, 3.8) is 0 Å². The highest BCUT2D eigenvalue weighted by Gasteiger charge is 2.23. The van der Waals surface area contributed by atoms with Crippen LogP contribution in [-0.2, 0) is 11.3 Å². The van der Waals surface area contributed by atoms with Gasteiger partial charge in [-0.05, 0) is 58.4 Å². The van der Waals surface area contributed by atoms with E-state index in [9.17, 15) is 14.0 Å². The molecule has 0 atom stereocenters. The molecule has 0 bridgehead atoms. The normalized spacial score (nSPS) is 11.7. The number of nitrogens with one attached hydrogen (secondary N) is 1. The minimum Gasteiger partial charge on any atom is -0.350 e. The summed E-state index contributed by atoms with van der Waals surface area (Å²) in [5.74, 6) is -0.632. The third-order valence-electron chi connectivity index (χ3n) is 4.58. The number of halogens is 1. The Bertz CT molecular complexity index is 1060. The van der Waals surface area contributed by atoms with E-state index in [0.717, 1.165) is 21.5 Å². The first-order chi connectivity index (χ1) is 14.1. The van der Waals surface area contributed by atoms with Crippen LogP contribution in [0.5, 0.6) is 0 Å². The van der Waals surface area contributed by atoms with Crippen molar-refractivity contribution in [3.05, 3.63) is 52.3 Å². The fourth-order valence-corrected chi connectivity index (χ4v) is 4.33. The number of fused-ring (bicyclic) bond motifs is 1. The fraction of sp³-hybridized carbons (Fsp3) is 0.409. The smallest absolute Gasteiger partial charge is 0.264 e. The quantitative estimate of drug-likeness (QED) is 0.643. The molecule has 160 valence electrons. The standard InChI is InChI=1S/C22H27FN4O2S/c1-6-26(13-19(28)24-22(3,4)5)20(29)18-11-17-14(2)25-27(21(17)30-18)12-15-7-9-16(23)10-8-15/h7-11H,6,12-13H2,1-5H3,(H,24,28). The van der Waals surface area contributed by atoms with E-state index in [1.54, 1.807) is 17.0 Å². The summed E-state index contributed by atoms with van der Waals surface area (Å²) in [6.07, 6.45) is 0. The average Bonchev–Trinajstić information content (AvgIpc) is 3.21. The summed E-state index contributed by atoms with van der Waals surface area (Å²) in [5, 5.41) is 8.37. The SMILES string of the molecule is CCN(CC(=O)NC(C)(C)C)C(=O)c1cc2c(C)nn(Cc3ccc(F)cc3)c2s1. The Morgan fingerprint density at radius 2 is 1.90 bits per heavy atom. The number of carbonyl (C=O) groups excluding carboxylic acids is 2. The summed E-state index contributed by atoms with van der Waals surface area (Å²) in [6.45, 7) is 10.4. The van der Waals surface area contributed by atoms with Gasteiger partial charge in [-0.25, -0.2) is 4.39 Å². The van der Waals surface area contributed by atoms with E-state index in [1.807, 2.05) is 45.4 Å². The maximum absolute atomic E-state index is 13.2. The van der Waals surface area contributed by atoms with E-state index in [1.165, 1.54) is 23.5 Å². The second-order valence-corrected chi connectivity index (χ2v) is 9.35. The molecule has 30 heavy (non-hydrogen) atoms. The molecule has 0 spiro atoms. The lowest BCUT2D eigenvalue weighted by Crippen LogP contribution is -2.47. The van der Waals surface area contributed by atoms with Crippen molar-refractivity contribution >= 4 is 33.4 Å². The van der Waals surface area contributed by atoms with Gasteiger partial charge in [-0.1, -0.05) is 12.1 Å². The van der Waals surface area contributed by atoms with Crippen LogP contribution in [0.1, 0.15) is 48.6 Å². The van der Waals surface area contributed by atoms with Gasteiger partial charge in [0.2, 0.25) is 5.91 Å². The van der Waals surface area contributed by atoms with Gasteiger partial charge in [0.1, 0.15) is 10.6 Å². The summed E-state index contributed by atoms with van der Waals surface area (Å²) in [4.78, 5) is 28.3. The Hall–Kier alpha value is -2.74. The molecule has 2 amide bonds. The number of hydrogen-bond acceptors (Lipinski definition) is 4. The second kappa shape index (κ2) is 8.55. The Balaban J connectivity index is 1.82. The average molecular weight is 431 g/mol. The number of carbonyl (C=O) groups is 2. The van der Waals surface area contributed by atoms with Crippen molar-refractivity contribution in [1.82, 2.24) is 20.0 Å². The molecule has 0 unspecified atom stereocenters. The first-order valence-corrected chi connectivity index (χ1v) is 10.7. The van der Waals surface area contributed by atoms with Gasteiger partial charge in [0.05, 0.1) is 23.7 Å². The molecular weight excluding hydrogens is 403 g/mol. The summed E-state index contributed by atoms with van der Waals surface area (Å²) in [6, 6.07) is 8.15. The summed E-state index contributed by atoms with van der Waals surface area (Å²) >= 11 is 1.36. The lowest BCUT2D eigenvalue weighted by atomic mass is 10.1. The molecule has 0 aliphatic heterocycles. The molecule has 6 nitrogen and oxygen atoms in total. The molecule has 0 saturated heterocycles. The predicted octanol–water partition coefficient (Wildman–Crippen LogP) is 3.97. The van der Waals surface area contributed by atoms with Crippen LogP contribution in [-0.4, -0.2) is 45.1 Å². The molecule has 2 aromatic heterocycles. The minimum atomic E-state index is -0.349. The van der Waals surface area contributed by atoms with E-state index in [-0.39, 0.29) is 29.7 Å². The molecular formula is C22H27FN4O2S. The van der Waals surface area contributed by atoms with Crippen LogP contribution in [0.15, 0.2) is 30.3 Å². The highest BCUT2D eigenvalue weighted by Crippen LogP contribution is 2.29. The van der Waals surface area contributed by atoms with Gasteiger partial charge in [-0.15, -0.1) is 11.3 Å². The summed E-state index contributed by atoms with van der Waals surface area (Å²) in [5.41, 5.74) is 1.41. The molecule has 3 aromatic rings. The van der Waals surface area contributed by atoms with E-state index >= 15 is 0 Å². The Kier molecular flexibility index (Phi) is 6.26. The molecule has 0 saturated carbocycles. The van der Waals surface area contributed by atoms with Crippen molar-refractivity contribution in [2.45, 2.75) is 46.7 Å². The number of amides is 2. The third-order valence-corrected chi connectivity index (χ3v) is 5.72. The van der Waals surface area contributed by atoms with Crippen LogP contribution >= 0.6 is 11.3 Å². The number of benzene rings is 1. The van der Waals surface area contributed by atoms with Crippen molar-refractivity contribution in [2.24, 2.45) is 0 Å². The van der Waals surface area contributed by atoms with Gasteiger partial charge < -0.3 is 10.2 Å². The first-order valence-electron chi connectivity index (χ1n) is 9.89. The van der Waals surface area contributed by atoms with E-state index in [0.29, 0.717) is 18.0 Å². The second-order valence-electron chi connectivity index (χ2n) is 8.32. The van der Waals surface area contributed by atoms with Crippen LogP contribution in [0.25, 0.3) is 10.2 Å². The monoisotopic (exact) mass is 430 g/mol. The Morgan fingerprint density at radius 3 is 2.50 bits per heavy atom.